The van der Waals surface area contributed by atoms with Gasteiger partial charge in [-0.25, -0.2) is 5.43 Å². The molecule has 0 saturated carbocycles. The Morgan fingerprint density at radius 3 is 2.48 bits per heavy atom. The molecule has 25 heavy (non-hydrogen) atoms. The molecule has 0 saturated heterocycles. The molecule has 2 N–H and O–H groups in total. The van der Waals surface area contributed by atoms with E-state index < -0.39 is 23.6 Å². The zero-order chi connectivity index (χ0) is 18.6. The lowest BCUT2D eigenvalue weighted by Gasteiger charge is -2.09. The van der Waals surface area contributed by atoms with Crippen LogP contribution in [-0.4, -0.2) is 17.5 Å². The van der Waals surface area contributed by atoms with E-state index in [1.807, 2.05) is 5.43 Å². The van der Waals surface area contributed by atoms with Gasteiger partial charge in [-0.05, 0) is 37.3 Å². The highest BCUT2D eigenvalue weighted by molar-refractivity contribution is 7.18. The number of hydrogen-bond acceptors (Lipinski definition) is 4. The minimum absolute atomic E-state index is 0.152. The molecule has 0 unspecified atom stereocenters. The minimum Gasteiger partial charge on any atom is -0.318 e. The van der Waals surface area contributed by atoms with E-state index in [-0.39, 0.29) is 5.69 Å². The van der Waals surface area contributed by atoms with Gasteiger partial charge in [0.15, 0.2) is 0 Å². The summed E-state index contributed by atoms with van der Waals surface area (Å²) in [7, 11) is 0. The van der Waals surface area contributed by atoms with Crippen LogP contribution in [0.5, 0.6) is 0 Å². The van der Waals surface area contributed by atoms with Crippen molar-refractivity contribution in [1.29, 1.82) is 0 Å². The number of alkyl halides is 3. The lowest BCUT2D eigenvalue weighted by Crippen LogP contribution is -2.33. The van der Waals surface area contributed by atoms with Gasteiger partial charge in [-0.2, -0.15) is 18.3 Å². The number of halogens is 4. The van der Waals surface area contributed by atoms with Crippen molar-refractivity contribution in [2.45, 2.75) is 13.1 Å². The van der Waals surface area contributed by atoms with E-state index in [9.17, 15) is 22.8 Å². The molecule has 10 heteroatoms. The summed E-state index contributed by atoms with van der Waals surface area (Å²) in [4.78, 5) is 24.1. The van der Waals surface area contributed by atoms with Crippen LogP contribution in [0.25, 0.3) is 0 Å². The van der Waals surface area contributed by atoms with Gasteiger partial charge in [-0.15, -0.1) is 11.3 Å². The number of carbonyl (C=O) groups is 2. The molecule has 0 spiro atoms. The predicted molar refractivity (Wildman–Crippen MR) is 89.8 cm³/mol. The summed E-state index contributed by atoms with van der Waals surface area (Å²) < 4.78 is 38.4. The third-order valence-electron chi connectivity index (χ3n) is 2.91. The maximum absolute atomic E-state index is 12.6. The summed E-state index contributed by atoms with van der Waals surface area (Å²) in [5.74, 6) is -2.25. The van der Waals surface area contributed by atoms with E-state index in [2.05, 4.69) is 10.4 Å². The summed E-state index contributed by atoms with van der Waals surface area (Å²) in [6, 6.07) is 7.30. The molecule has 132 valence electrons. The van der Waals surface area contributed by atoms with Crippen molar-refractivity contribution >= 4 is 46.2 Å². The molecule has 0 radical (unpaired) electrons. The van der Waals surface area contributed by atoms with Crippen molar-refractivity contribution in [3.8, 4) is 0 Å². The number of benzene rings is 1. The van der Waals surface area contributed by atoms with Crippen molar-refractivity contribution in [3.63, 3.8) is 0 Å². The van der Waals surface area contributed by atoms with Gasteiger partial charge in [0, 0.05) is 5.69 Å². The second kappa shape index (κ2) is 7.66. The summed E-state index contributed by atoms with van der Waals surface area (Å²) in [6.45, 7) is 1.60. The van der Waals surface area contributed by atoms with Crippen LogP contribution in [0, 0.1) is 0 Å². The molecular weight excluding hydrogens is 379 g/mol. The lowest BCUT2D eigenvalue weighted by molar-refractivity contribution is -0.137. The number of anilines is 1. The fourth-order valence-corrected chi connectivity index (χ4v) is 2.70. The zero-order valence-corrected chi connectivity index (χ0v) is 14.2. The molecular formula is C15H11ClF3N3O2S. The quantitative estimate of drug-likeness (QED) is 0.475. The van der Waals surface area contributed by atoms with Crippen LogP contribution < -0.4 is 10.7 Å². The third kappa shape index (κ3) is 5.30. The summed E-state index contributed by atoms with van der Waals surface area (Å²) in [5.41, 5.74) is 1.37. The number of amides is 2. The molecule has 1 heterocycles. The fraction of sp³-hybridized carbons (Fsp3) is 0.133. The minimum atomic E-state index is -4.55. The van der Waals surface area contributed by atoms with E-state index in [1.54, 1.807) is 19.1 Å². The van der Waals surface area contributed by atoms with Gasteiger partial charge in [0.1, 0.15) is 0 Å². The van der Waals surface area contributed by atoms with Gasteiger partial charge in [-0.3, -0.25) is 9.59 Å². The van der Waals surface area contributed by atoms with Crippen molar-refractivity contribution < 1.29 is 22.8 Å². The second-order valence-corrected chi connectivity index (χ2v) is 6.49. The Morgan fingerprint density at radius 2 is 1.88 bits per heavy atom. The van der Waals surface area contributed by atoms with E-state index in [4.69, 9.17) is 11.6 Å². The number of hydrogen-bond donors (Lipinski definition) is 2. The normalized spacial score (nSPS) is 12.0. The number of carbonyl (C=O) groups excluding carboxylic acids is 2. The number of thiophene rings is 1. The predicted octanol–water partition coefficient (Wildman–Crippen LogP) is 3.90. The monoisotopic (exact) mass is 389 g/mol. The Hall–Kier alpha value is -2.39. The summed E-state index contributed by atoms with van der Waals surface area (Å²) in [5, 5.41) is 5.84. The van der Waals surface area contributed by atoms with Crippen LogP contribution in [0.15, 0.2) is 41.5 Å². The Balaban J connectivity index is 2.00. The smallest absolute Gasteiger partial charge is 0.318 e. The van der Waals surface area contributed by atoms with E-state index in [1.165, 1.54) is 17.4 Å². The van der Waals surface area contributed by atoms with Gasteiger partial charge >= 0.3 is 18.0 Å². The van der Waals surface area contributed by atoms with Gasteiger partial charge < -0.3 is 5.32 Å². The first-order valence-electron chi connectivity index (χ1n) is 6.75. The molecule has 0 aliphatic rings. The van der Waals surface area contributed by atoms with E-state index in [0.29, 0.717) is 14.9 Å². The molecule has 0 bridgehead atoms. The Morgan fingerprint density at radius 1 is 1.16 bits per heavy atom. The molecule has 0 atom stereocenters. The molecule has 1 aromatic carbocycles. The fourth-order valence-electron chi connectivity index (χ4n) is 1.71. The maximum Gasteiger partial charge on any atom is 0.416 e. The summed E-state index contributed by atoms with van der Waals surface area (Å²) in [6.07, 6.45) is -4.55. The van der Waals surface area contributed by atoms with Crippen LogP contribution in [0.3, 0.4) is 0 Å². The average molecular weight is 390 g/mol. The standard InChI is InChI=1S/C15H11ClF3N3O2S/c1-8(11-5-6-12(16)25-11)21-22-14(24)13(23)20-10-4-2-3-9(7-10)15(17,18)19/h2-7H,1H3,(H,20,23)(H,22,24). The number of nitrogens with zero attached hydrogens (tertiary/aromatic N) is 1. The molecule has 2 rings (SSSR count). The van der Waals surface area contributed by atoms with Crippen molar-refractivity contribution in [1.82, 2.24) is 5.43 Å². The average Bonchev–Trinajstić information content (AvgIpc) is 2.98. The van der Waals surface area contributed by atoms with Crippen LogP contribution >= 0.6 is 22.9 Å². The van der Waals surface area contributed by atoms with Crippen LogP contribution in [-0.2, 0) is 15.8 Å². The third-order valence-corrected chi connectivity index (χ3v) is 4.25. The highest BCUT2D eigenvalue weighted by Gasteiger charge is 2.30. The van der Waals surface area contributed by atoms with Crippen LogP contribution in [0.2, 0.25) is 4.34 Å². The number of hydrazone groups is 1. The van der Waals surface area contributed by atoms with Crippen LogP contribution in [0.1, 0.15) is 17.4 Å². The zero-order valence-electron chi connectivity index (χ0n) is 12.6. The van der Waals surface area contributed by atoms with Gasteiger partial charge in [-0.1, -0.05) is 17.7 Å². The Labute approximate surface area is 149 Å². The van der Waals surface area contributed by atoms with Gasteiger partial charge in [0.25, 0.3) is 0 Å². The molecule has 1 aromatic heterocycles. The highest BCUT2D eigenvalue weighted by Crippen LogP contribution is 2.30. The molecule has 0 fully saturated rings. The summed E-state index contributed by atoms with van der Waals surface area (Å²) >= 11 is 7.02. The van der Waals surface area contributed by atoms with E-state index in [0.717, 1.165) is 18.2 Å². The molecule has 5 nitrogen and oxygen atoms in total. The topological polar surface area (TPSA) is 70.6 Å². The SMILES string of the molecule is CC(=NNC(=O)C(=O)Nc1cccc(C(F)(F)F)c1)c1ccc(Cl)s1. The molecule has 2 amide bonds. The van der Waals surface area contributed by atoms with Crippen molar-refractivity contribution in [3.05, 3.63) is 51.2 Å². The molecule has 0 aliphatic carbocycles. The van der Waals surface area contributed by atoms with E-state index >= 15 is 0 Å². The van der Waals surface area contributed by atoms with Crippen molar-refractivity contribution in [2.75, 3.05) is 5.32 Å². The second-order valence-electron chi connectivity index (χ2n) is 4.77. The highest BCUT2D eigenvalue weighted by atomic mass is 35.5. The van der Waals surface area contributed by atoms with Crippen LogP contribution in [0.4, 0.5) is 18.9 Å². The van der Waals surface area contributed by atoms with Gasteiger partial charge in [0.05, 0.1) is 20.5 Å². The first-order valence-corrected chi connectivity index (χ1v) is 7.95. The Bertz CT molecular complexity index is 833. The van der Waals surface area contributed by atoms with Gasteiger partial charge in [0.2, 0.25) is 0 Å². The molecule has 0 aliphatic heterocycles. The maximum atomic E-state index is 12.6. The largest absolute Gasteiger partial charge is 0.416 e. The van der Waals surface area contributed by atoms with Crippen molar-refractivity contribution in [2.24, 2.45) is 5.10 Å². The molecule has 2 aromatic rings. The lowest BCUT2D eigenvalue weighted by atomic mass is 10.2. The number of rotatable bonds is 3. The first kappa shape index (κ1) is 18.9. The first-order chi connectivity index (χ1) is 11.7. The number of nitrogens with one attached hydrogen (secondary N) is 2. The Kier molecular flexibility index (Phi) is 5.81.